The van der Waals surface area contributed by atoms with Gasteiger partial charge in [0.2, 0.25) is 0 Å². The first-order valence-corrected chi connectivity index (χ1v) is 12.9. The second kappa shape index (κ2) is 11.1. The molecule has 0 saturated carbocycles. The number of fused-ring (bicyclic) bond motifs is 1. The lowest BCUT2D eigenvalue weighted by molar-refractivity contribution is -0.0366. The van der Waals surface area contributed by atoms with E-state index in [9.17, 15) is 4.39 Å². The van der Waals surface area contributed by atoms with Crippen molar-refractivity contribution in [3.8, 4) is 6.07 Å². The Morgan fingerprint density at radius 1 is 1.14 bits per heavy atom. The Morgan fingerprint density at radius 3 is 2.65 bits per heavy atom. The molecule has 2 heterocycles. The maximum Gasteiger partial charge on any atom is 0.150 e. The topological polar surface area (TPSA) is 50.8 Å². The highest BCUT2D eigenvalue weighted by atomic mass is 35.5. The Hall–Kier alpha value is -3.72. The maximum absolute atomic E-state index is 13.9. The van der Waals surface area contributed by atoms with Gasteiger partial charge in [0.05, 0.1) is 22.8 Å². The van der Waals surface area contributed by atoms with Crippen molar-refractivity contribution in [1.82, 2.24) is 9.78 Å². The molecule has 37 heavy (non-hydrogen) atoms. The van der Waals surface area contributed by atoms with Crippen LogP contribution in [0.3, 0.4) is 0 Å². The van der Waals surface area contributed by atoms with Gasteiger partial charge < -0.3 is 4.74 Å². The monoisotopic (exact) mass is 511 g/mol. The molecule has 4 nitrogen and oxygen atoms in total. The highest BCUT2D eigenvalue weighted by Gasteiger charge is 2.20. The summed E-state index contributed by atoms with van der Waals surface area (Å²) in [6.45, 7) is 2.84. The Labute approximate surface area is 221 Å². The molecule has 3 aromatic carbocycles. The summed E-state index contributed by atoms with van der Waals surface area (Å²) in [5, 5.41) is 14.9. The molecule has 0 spiro atoms. The summed E-state index contributed by atoms with van der Waals surface area (Å²) in [6, 6.07) is 21.0. The molecule has 1 fully saturated rings. The molecule has 0 bridgehead atoms. The summed E-state index contributed by atoms with van der Waals surface area (Å²) in [6.07, 6.45) is 8.97. The molecule has 4 aromatic rings. The van der Waals surface area contributed by atoms with E-state index >= 15 is 0 Å². The molecule has 1 aliphatic heterocycles. The Balaban J connectivity index is 1.67. The maximum atomic E-state index is 13.9. The number of allylic oxidation sites excluding steroid dienone is 2. The van der Waals surface area contributed by atoms with Gasteiger partial charge in [0.1, 0.15) is 5.82 Å². The van der Waals surface area contributed by atoms with Crippen LogP contribution in [0.5, 0.6) is 0 Å². The molecule has 1 aliphatic rings. The van der Waals surface area contributed by atoms with E-state index in [2.05, 4.69) is 30.2 Å². The van der Waals surface area contributed by atoms with E-state index in [0.717, 1.165) is 70.2 Å². The van der Waals surface area contributed by atoms with E-state index in [4.69, 9.17) is 21.6 Å². The number of rotatable bonds is 6. The Kier molecular flexibility index (Phi) is 7.50. The van der Waals surface area contributed by atoms with Crippen molar-refractivity contribution in [2.24, 2.45) is 0 Å². The van der Waals surface area contributed by atoms with Gasteiger partial charge in [-0.25, -0.2) is 9.07 Å². The first-order chi connectivity index (χ1) is 18.1. The summed E-state index contributed by atoms with van der Waals surface area (Å²) in [5.74, 6) is -0.363. The molecule has 1 saturated heterocycles. The zero-order valence-corrected chi connectivity index (χ0v) is 21.4. The van der Waals surface area contributed by atoms with Gasteiger partial charge in [0.25, 0.3) is 0 Å². The second-order valence-corrected chi connectivity index (χ2v) is 9.51. The molecule has 5 rings (SSSR count). The Bertz CT molecular complexity index is 1520. The third-order valence-electron chi connectivity index (χ3n) is 6.77. The van der Waals surface area contributed by atoms with E-state index < -0.39 is 0 Å². The number of nitrogens with zero attached hydrogens (tertiary/aromatic N) is 3. The highest BCUT2D eigenvalue weighted by Crippen LogP contribution is 2.38. The standard InChI is InChI=1S/C31H27ClFN3O/c1-2-26(27-14-13-25(33)19-28(27)32)31(22-10-8-21(9-11-22)6-5-16-34)23-12-15-29-24(18-23)20-35-36(29)30-7-3-4-17-37-30/h5-6,8-15,18-20,30H,2-4,7,17H2,1H3. The van der Waals surface area contributed by atoms with Crippen molar-refractivity contribution in [2.45, 2.75) is 38.8 Å². The largest absolute Gasteiger partial charge is 0.356 e. The number of hydrogen-bond acceptors (Lipinski definition) is 3. The van der Waals surface area contributed by atoms with Crippen molar-refractivity contribution in [2.75, 3.05) is 6.61 Å². The lowest BCUT2D eigenvalue weighted by Gasteiger charge is -2.23. The summed E-state index contributed by atoms with van der Waals surface area (Å²) < 4.78 is 21.8. The van der Waals surface area contributed by atoms with Gasteiger partial charge in [0.15, 0.2) is 6.23 Å². The van der Waals surface area contributed by atoms with Crippen LogP contribution in [0.15, 0.2) is 72.9 Å². The van der Waals surface area contributed by atoms with Crippen LogP contribution in [0.4, 0.5) is 4.39 Å². The van der Waals surface area contributed by atoms with E-state index in [-0.39, 0.29) is 12.0 Å². The van der Waals surface area contributed by atoms with Crippen LogP contribution in [0.1, 0.15) is 61.1 Å². The minimum atomic E-state index is -0.363. The highest BCUT2D eigenvalue weighted by molar-refractivity contribution is 6.32. The SMILES string of the molecule is CCC(=C(c1ccc(C=CC#N)cc1)c1ccc2c(cnn2C2CCCCO2)c1)c1ccc(F)cc1Cl. The lowest BCUT2D eigenvalue weighted by atomic mass is 9.87. The fourth-order valence-electron chi connectivity index (χ4n) is 5.00. The van der Waals surface area contributed by atoms with Crippen molar-refractivity contribution >= 4 is 39.7 Å². The third-order valence-corrected chi connectivity index (χ3v) is 7.09. The molecular formula is C31H27ClFN3O. The van der Waals surface area contributed by atoms with Crippen LogP contribution < -0.4 is 0 Å². The summed E-state index contributed by atoms with van der Waals surface area (Å²) in [4.78, 5) is 0. The summed E-state index contributed by atoms with van der Waals surface area (Å²) in [5.41, 5.74) is 6.85. The van der Waals surface area contributed by atoms with Gasteiger partial charge in [-0.2, -0.15) is 10.4 Å². The van der Waals surface area contributed by atoms with Crippen LogP contribution in [0.2, 0.25) is 5.02 Å². The number of nitriles is 1. The second-order valence-electron chi connectivity index (χ2n) is 9.10. The molecule has 0 aliphatic carbocycles. The molecule has 1 aromatic heterocycles. The number of benzene rings is 3. The predicted molar refractivity (Wildman–Crippen MR) is 147 cm³/mol. The fraction of sp³-hybridized carbons (Fsp3) is 0.226. The van der Waals surface area contributed by atoms with Crippen LogP contribution >= 0.6 is 11.6 Å². The number of ether oxygens (including phenoxy) is 1. The van der Waals surface area contributed by atoms with E-state index in [0.29, 0.717) is 11.4 Å². The number of hydrogen-bond donors (Lipinski definition) is 0. The van der Waals surface area contributed by atoms with Crippen LogP contribution in [0, 0.1) is 17.1 Å². The van der Waals surface area contributed by atoms with Gasteiger partial charge >= 0.3 is 0 Å². The lowest BCUT2D eigenvalue weighted by Crippen LogP contribution is -2.18. The van der Waals surface area contributed by atoms with E-state index in [1.807, 2.05) is 41.2 Å². The zero-order chi connectivity index (χ0) is 25.8. The van der Waals surface area contributed by atoms with Crippen LogP contribution in [0.25, 0.3) is 28.1 Å². The number of halogens is 2. The molecule has 1 unspecified atom stereocenters. The van der Waals surface area contributed by atoms with Crippen LogP contribution in [-0.2, 0) is 4.74 Å². The van der Waals surface area contributed by atoms with Gasteiger partial charge in [-0.1, -0.05) is 54.9 Å². The zero-order valence-electron chi connectivity index (χ0n) is 20.6. The normalized spacial score (nSPS) is 16.6. The fourth-order valence-corrected chi connectivity index (χ4v) is 5.28. The van der Waals surface area contributed by atoms with Crippen LogP contribution in [-0.4, -0.2) is 16.4 Å². The smallest absolute Gasteiger partial charge is 0.150 e. The van der Waals surface area contributed by atoms with Gasteiger partial charge in [-0.05, 0) is 89.4 Å². The minimum absolute atomic E-state index is 0.0367. The van der Waals surface area contributed by atoms with Gasteiger partial charge in [-0.15, -0.1) is 0 Å². The molecule has 0 amide bonds. The molecule has 1 atom stereocenters. The third kappa shape index (κ3) is 5.22. The Morgan fingerprint density at radius 2 is 1.95 bits per heavy atom. The molecule has 6 heteroatoms. The van der Waals surface area contributed by atoms with Gasteiger partial charge in [-0.3, -0.25) is 0 Å². The van der Waals surface area contributed by atoms with E-state index in [1.54, 1.807) is 12.1 Å². The summed E-state index contributed by atoms with van der Waals surface area (Å²) in [7, 11) is 0. The molecule has 186 valence electrons. The minimum Gasteiger partial charge on any atom is -0.356 e. The van der Waals surface area contributed by atoms with Crippen molar-refractivity contribution in [1.29, 1.82) is 5.26 Å². The molecular weight excluding hydrogens is 485 g/mol. The van der Waals surface area contributed by atoms with Crippen molar-refractivity contribution in [3.05, 3.63) is 106 Å². The average Bonchev–Trinajstić information content (AvgIpc) is 3.35. The molecule has 0 N–H and O–H groups in total. The first-order valence-electron chi connectivity index (χ1n) is 12.5. The summed E-state index contributed by atoms with van der Waals surface area (Å²) >= 11 is 6.55. The van der Waals surface area contributed by atoms with E-state index in [1.165, 1.54) is 18.2 Å². The number of aromatic nitrogens is 2. The predicted octanol–water partition coefficient (Wildman–Crippen LogP) is 8.43. The first kappa shape index (κ1) is 25.0. The quantitative estimate of drug-likeness (QED) is 0.193. The van der Waals surface area contributed by atoms with Crippen molar-refractivity contribution in [3.63, 3.8) is 0 Å². The average molecular weight is 512 g/mol. The molecule has 0 radical (unpaired) electrons. The van der Waals surface area contributed by atoms with Gasteiger partial charge in [0, 0.05) is 18.1 Å². The van der Waals surface area contributed by atoms with Crippen molar-refractivity contribution < 1.29 is 9.13 Å².